The maximum Gasteiger partial charge on any atom is 0.269 e. The van der Waals surface area contributed by atoms with Gasteiger partial charge in [0.05, 0.1) is 5.69 Å². The smallest absolute Gasteiger partial charge is 0.269 e. The third-order valence-corrected chi connectivity index (χ3v) is 7.22. The molecule has 8 nitrogen and oxygen atoms in total. The topological polar surface area (TPSA) is 96.3 Å². The van der Waals surface area contributed by atoms with Gasteiger partial charge >= 0.3 is 0 Å². The second-order valence-electron chi connectivity index (χ2n) is 9.76. The van der Waals surface area contributed by atoms with Crippen LogP contribution >= 0.6 is 11.8 Å². The van der Waals surface area contributed by atoms with Crippen molar-refractivity contribution in [3.05, 3.63) is 53.3 Å². The molecule has 2 N–H and O–H groups in total. The maximum absolute atomic E-state index is 13.0. The van der Waals surface area contributed by atoms with Gasteiger partial charge in [0.2, 0.25) is 11.8 Å². The van der Waals surface area contributed by atoms with Crippen molar-refractivity contribution in [3.8, 4) is 0 Å². The lowest BCUT2D eigenvalue weighted by Crippen LogP contribution is -2.61. The van der Waals surface area contributed by atoms with E-state index in [1.54, 1.807) is 34.5 Å². The first-order valence-electron chi connectivity index (χ1n) is 11.2. The van der Waals surface area contributed by atoms with E-state index < -0.39 is 12.1 Å². The van der Waals surface area contributed by atoms with E-state index in [1.807, 2.05) is 51.1 Å². The van der Waals surface area contributed by atoms with Crippen LogP contribution in [0.3, 0.4) is 0 Å². The predicted molar refractivity (Wildman–Crippen MR) is 128 cm³/mol. The van der Waals surface area contributed by atoms with Gasteiger partial charge < -0.3 is 15.5 Å². The maximum atomic E-state index is 13.0. The molecule has 1 aromatic heterocycles. The van der Waals surface area contributed by atoms with Crippen molar-refractivity contribution in [3.63, 3.8) is 0 Å². The van der Waals surface area contributed by atoms with E-state index in [0.717, 1.165) is 11.4 Å². The first kappa shape index (κ1) is 23.4. The Kier molecular flexibility index (Phi) is 6.52. The normalized spacial score (nSPS) is 22.8. The van der Waals surface area contributed by atoms with Crippen LogP contribution in [-0.2, 0) is 27.8 Å². The van der Waals surface area contributed by atoms with E-state index >= 15 is 0 Å². The zero-order chi connectivity index (χ0) is 23.8. The number of aromatic nitrogens is 2. The minimum atomic E-state index is -0.539. The second kappa shape index (κ2) is 9.21. The van der Waals surface area contributed by atoms with Gasteiger partial charge in [-0.1, -0.05) is 51.1 Å². The van der Waals surface area contributed by atoms with Crippen LogP contribution in [0.1, 0.15) is 48.9 Å². The van der Waals surface area contributed by atoms with Crippen LogP contribution in [0.25, 0.3) is 0 Å². The van der Waals surface area contributed by atoms with Gasteiger partial charge in [-0.3, -0.25) is 19.1 Å². The Hall–Kier alpha value is -2.81. The van der Waals surface area contributed by atoms with E-state index in [4.69, 9.17) is 0 Å². The van der Waals surface area contributed by atoms with Gasteiger partial charge in [-0.25, -0.2) is 0 Å². The Morgan fingerprint density at radius 1 is 1.24 bits per heavy atom. The van der Waals surface area contributed by atoms with Crippen LogP contribution in [0.5, 0.6) is 0 Å². The molecule has 1 aromatic carbocycles. The Labute approximate surface area is 198 Å². The fourth-order valence-corrected chi connectivity index (χ4v) is 5.26. The molecule has 0 aliphatic carbocycles. The Bertz CT molecular complexity index is 1050. The number of rotatable bonds is 6. The molecule has 0 radical (unpaired) electrons. The molecule has 4 rings (SSSR count). The van der Waals surface area contributed by atoms with Crippen molar-refractivity contribution in [2.75, 3.05) is 12.3 Å². The number of nitrogens with zero attached hydrogens (tertiary/aromatic N) is 3. The monoisotopic (exact) mass is 469 g/mol. The second-order valence-corrected chi connectivity index (χ2v) is 10.8. The number of carbonyl (C=O) groups excluding carboxylic acids is 3. The Morgan fingerprint density at radius 3 is 2.64 bits per heavy atom. The van der Waals surface area contributed by atoms with Gasteiger partial charge in [-0.15, -0.1) is 0 Å². The van der Waals surface area contributed by atoms with E-state index in [9.17, 15) is 14.4 Å². The van der Waals surface area contributed by atoms with E-state index in [-0.39, 0.29) is 29.2 Å². The number of piperazine rings is 1. The number of benzene rings is 1. The largest absolute Gasteiger partial charge is 0.346 e. The quantitative estimate of drug-likeness (QED) is 0.673. The molecule has 0 bridgehead atoms. The molecule has 3 atom stereocenters. The molecule has 3 heterocycles. The van der Waals surface area contributed by atoms with Crippen LogP contribution in [-0.4, -0.2) is 62.8 Å². The zero-order valence-corrected chi connectivity index (χ0v) is 20.3. The van der Waals surface area contributed by atoms with Crippen LogP contribution < -0.4 is 10.6 Å². The van der Waals surface area contributed by atoms with E-state index in [1.165, 1.54) is 5.56 Å². The summed E-state index contributed by atoms with van der Waals surface area (Å²) in [6, 6.07) is 10.5. The summed E-state index contributed by atoms with van der Waals surface area (Å²) < 4.78 is 1.58. The third kappa shape index (κ3) is 5.08. The number of thioether (sulfide) groups is 1. The van der Waals surface area contributed by atoms with Crippen molar-refractivity contribution < 1.29 is 14.4 Å². The fourth-order valence-electron chi connectivity index (χ4n) is 4.25. The highest BCUT2D eigenvalue weighted by atomic mass is 32.2. The van der Waals surface area contributed by atoms with Gasteiger partial charge in [0.1, 0.15) is 17.8 Å². The molecule has 2 saturated heterocycles. The molecular weight excluding hydrogens is 438 g/mol. The van der Waals surface area contributed by atoms with Crippen molar-refractivity contribution in [2.45, 2.75) is 56.5 Å². The van der Waals surface area contributed by atoms with Crippen molar-refractivity contribution in [1.29, 1.82) is 0 Å². The van der Waals surface area contributed by atoms with Gasteiger partial charge in [0.25, 0.3) is 5.91 Å². The average molecular weight is 470 g/mol. The zero-order valence-electron chi connectivity index (χ0n) is 19.5. The van der Waals surface area contributed by atoms with Crippen molar-refractivity contribution in [2.24, 2.45) is 7.05 Å². The summed E-state index contributed by atoms with van der Waals surface area (Å²) >= 11 is 1.63. The lowest BCUT2D eigenvalue weighted by Gasteiger charge is -2.34. The average Bonchev–Trinajstić information content (AvgIpc) is 3.36. The summed E-state index contributed by atoms with van der Waals surface area (Å²) in [5.74, 6) is 0.835. The molecule has 9 heteroatoms. The molecule has 0 spiro atoms. The number of aryl methyl sites for hydroxylation is 1. The highest BCUT2D eigenvalue weighted by molar-refractivity contribution is 7.98. The number of fused-ring (bicyclic) bond motifs is 1. The fraction of sp³-hybridized carbons (Fsp3) is 0.500. The molecule has 2 aliphatic rings. The first-order chi connectivity index (χ1) is 15.6. The van der Waals surface area contributed by atoms with E-state index in [0.29, 0.717) is 24.4 Å². The minimum Gasteiger partial charge on any atom is -0.346 e. The highest BCUT2D eigenvalue weighted by Crippen LogP contribution is 2.26. The van der Waals surface area contributed by atoms with Gasteiger partial charge in [0, 0.05) is 36.6 Å². The molecule has 176 valence electrons. The van der Waals surface area contributed by atoms with Gasteiger partial charge in [0.15, 0.2) is 0 Å². The summed E-state index contributed by atoms with van der Waals surface area (Å²) in [6.45, 7) is 6.48. The molecule has 2 fully saturated rings. The molecule has 3 amide bonds. The third-order valence-electron chi connectivity index (χ3n) is 6.11. The highest BCUT2D eigenvalue weighted by Gasteiger charge is 2.46. The molecule has 0 saturated carbocycles. The van der Waals surface area contributed by atoms with Crippen LogP contribution in [0.4, 0.5) is 0 Å². The lowest BCUT2D eigenvalue weighted by atomic mass is 9.92. The van der Waals surface area contributed by atoms with Crippen molar-refractivity contribution in [1.82, 2.24) is 25.3 Å². The summed E-state index contributed by atoms with van der Waals surface area (Å²) in [4.78, 5) is 40.2. The van der Waals surface area contributed by atoms with E-state index in [2.05, 4.69) is 15.7 Å². The number of carbonyl (C=O) groups is 3. The number of amides is 3. The lowest BCUT2D eigenvalue weighted by molar-refractivity contribution is -0.146. The van der Waals surface area contributed by atoms with Gasteiger partial charge in [-0.05, 0) is 18.1 Å². The summed E-state index contributed by atoms with van der Waals surface area (Å²) in [5, 5.41) is 10.3. The minimum absolute atomic E-state index is 0.0764. The summed E-state index contributed by atoms with van der Waals surface area (Å²) in [5.41, 5.74) is 2.33. The molecular formula is C24H31N5O3S. The van der Waals surface area contributed by atoms with Gasteiger partial charge in [-0.2, -0.15) is 16.9 Å². The summed E-state index contributed by atoms with van der Waals surface area (Å²) in [6.07, 6.45) is 0.414. The molecule has 2 aliphatic heterocycles. The molecule has 33 heavy (non-hydrogen) atoms. The first-order valence-corrected chi connectivity index (χ1v) is 12.4. The van der Waals surface area contributed by atoms with Crippen molar-refractivity contribution >= 4 is 29.5 Å². The summed E-state index contributed by atoms with van der Waals surface area (Å²) in [7, 11) is 1.75. The standard InChI is InChI=1S/C24H31N5O3S/c1-24(2,3)20-11-18(28(4)27-20)21(30)25-16-10-19-22(31)26-17(23(32)29(19)12-16)14-33-13-15-8-6-5-7-9-15/h5-9,11,16-17,19H,10,12-14H2,1-4H3,(H,25,30)(H,26,31)/t16-,17-,19-/m0/s1. The number of hydrogen-bond acceptors (Lipinski definition) is 5. The number of nitrogens with one attached hydrogen (secondary N) is 2. The Balaban J connectivity index is 1.35. The predicted octanol–water partition coefficient (Wildman–Crippen LogP) is 1.85. The van der Waals surface area contributed by atoms with Crippen LogP contribution in [0.15, 0.2) is 36.4 Å². The Morgan fingerprint density at radius 2 is 1.97 bits per heavy atom. The van der Waals surface area contributed by atoms with Crippen LogP contribution in [0, 0.1) is 0 Å². The SMILES string of the molecule is Cn1nc(C(C)(C)C)cc1C(=O)N[C@H]1C[C@H]2C(=O)N[C@@H](CSCc3ccccc3)C(=O)N2C1. The number of hydrogen-bond donors (Lipinski definition) is 2. The van der Waals surface area contributed by atoms with Crippen LogP contribution in [0.2, 0.25) is 0 Å². The molecule has 2 aromatic rings. The molecule has 0 unspecified atom stereocenters.